The zero-order valence-electron chi connectivity index (χ0n) is 11.9. The third-order valence-corrected chi connectivity index (χ3v) is 2.55. The number of pyridine rings is 1. The van der Waals surface area contributed by atoms with Gasteiger partial charge in [-0.15, -0.1) is 0 Å². The Morgan fingerprint density at radius 2 is 2.15 bits per heavy atom. The van der Waals surface area contributed by atoms with Crippen molar-refractivity contribution in [3.05, 3.63) is 29.6 Å². The Morgan fingerprint density at radius 1 is 1.45 bits per heavy atom. The first kappa shape index (κ1) is 15.6. The van der Waals surface area contributed by atoms with Gasteiger partial charge in [-0.1, -0.05) is 13.8 Å². The lowest BCUT2D eigenvalue weighted by atomic mass is 10.2. The van der Waals surface area contributed by atoms with Crippen LogP contribution >= 0.6 is 0 Å². The van der Waals surface area contributed by atoms with E-state index in [0.29, 0.717) is 18.0 Å². The van der Waals surface area contributed by atoms with Crippen molar-refractivity contribution in [2.75, 3.05) is 20.1 Å². The first-order valence-electron chi connectivity index (χ1n) is 6.32. The maximum absolute atomic E-state index is 12.0. The molecule has 0 aliphatic heterocycles. The minimum Gasteiger partial charge on any atom is -0.354 e. The van der Waals surface area contributed by atoms with Gasteiger partial charge in [0.15, 0.2) is 0 Å². The highest BCUT2D eigenvalue weighted by atomic mass is 16.2. The van der Waals surface area contributed by atoms with Crippen LogP contribution in [0.15, 0.2) is 18.3 Å². The monoisotopic (exact) mass is 274 g/mol. The van der Waals surface area contributed by atoms with Crippen molar-refractivity contribution in [2.24, 2.45) is 5.92 Å². The van der Waals surface area contributed by atoms with Crippen LogP contribution in [0.4, 0.5) is 0 Å². The molecule has 1 aromatic heterocycles. The Labute approximate surface area is 118 Å². The largest absolute Gasteiger partial charge is 0.354 e. The molecule has 0 aromatic carbocycles. The van der Waals surface area contributed by atoms with Gasteiger partial charge >= 0.3 is 0 Å². The molecule has 1 rings (SSSR count). The molecule has 106 valence electrons. The van der Waals surface area contributed by atoms with Gasteiger partial charge in [0, 0.05) is 19.8 Å². The fourth-order valence-electron chi connectivity index (χ4n) is 1.44. The van der Waals surface area contributed by atoms with E-state index >= 15 is 0 Å². The summed E-state index contributed by atoms with van der Waals surface area (Å²) in [6.07, 6.45) is 1.33. The highest BCUT2D eigenvalue weighted by Crippen LogP contribution is 2.02. The van der Waals surface area contributed by atoms with E-state index < -0.39 is 0 Å². The highest BCUT2D eigenvalue weighted by Gasteiger charge is 2.16. The second kappa shape index (κ2) is 7.24. The van der Waals surface area contributed by atoms with Gasteiger partial charge in [0.05, 0.1) is 12.1 Å². The Hall–Kier alpha value is -2.42. The number of aromatic nitrogens is 1. The molecule has 0 saturated carbocycles. The van der Waals surface area contributed by atoms with Crippen LogP contribution in [0.25, 0.3) is 0 Å². The number of likely N-dealkylation sites (N-methyl/N-ethyl adjacent to an activating group) is 1. The molecule has 0 fully saturated rings. The molecule has 1 N–H and O–H groups in total. The highest BCUT2D eigenvalue weighted by molar-refractivity contribution is 5.94. The molecule has 20 heavy (non-hydrogen) atoms. The quantitative estimate of drug-likeness (QED) is 0.860. The molecule has 2 amide bonds. The van der Waals surface area contributed by atoms with Crippen LogP contribution in [-0.4, -0.2) is 41.8 Å². The summed E-state index contributed by atoms with van der Waals surface area (Å²) in [6, 6.07) is 4.93. The molecule has 0 radical (unpaired) electrons. The molecule has 0 bridgehead atoms. The number of rotatable bonds is 5. The predicted molar refractivity (Wildman–Crippen MR) is 73.8 cm³/mol. The SMILES string of the molecule is CC(C)CNC(=O)CN(C)C(=O)c1ccc(C#N)cn1. The maximum Gasteiger partial charge on any atom is 0.272 e. The average Bonchev–Trinajstić information content (AvgIpc) is 2.44. The first-order chi connectivity index (χ1) is 9.43. The van der Waals surface area contributed by atoms with E-state index in [1.165, 1.54) is 30.3 Å². The van der Waals surface area contributed by atoms with Crippen molar-refractivity contribution >= 4 is 11.8 Å². The Kier molecular flexibility index (Phi) is 5.66. The fourth-order valence-corrected chi connectivity index (χ4v) is 1.44. The van der Waals surface area contributed by atoms with E-state index in [1.54, 1.807) is 0 Å². The molecule has 0 aliphatic rings. The van der Waals surface area contributed by atoms with E-state index in [0.717, 1.165) is 0 Å². The summed E-state index contributed by atoms with van der Waals surface area (Å²) in [5.74, 6) is -0.197. The van der Waals surface area contributed by atoms with Crippen molar-refractivity contribution in [3.63, 3.8) is 0 Å². The normalized spacial score (nSPS) is 9.95. The van der Waals surface area contributed by atoms with E-state index in [-0.39, 0.29) is 24.1 Å². The fraction of sp³-hybridized carbons (Fsp3) is 0.429. The van der Waals surface area contributed by atoms with E-state index in [4.69, 9.17) is 5.26 Å². The number of amides is 2. The van der Waals surface area contributed by atoms with Crippen LogP contribution in [0.3, 0.4) is 0 Å². The van der Waals surface area contributed by atoms with Gasteiger partial charge in [-0.25, -0.2) is 4.98 Å². The molecule has 0 atom stereocenters. The zero-order valence-corrected chi connectivity index (χ0v) is 11.9. The van der Waals surface area contributed by atoms with Crippen molar-refractivity contribution in [2.45, 2.75) is 13.8 Å². The lowest BCUT2D eigenvalue weighted by Gasteiger charge is -2.16. The van der Waals surface area contributed by atoms with E-state index in [2.05, 4.69) is 10.3 Å². The third kappa shape index (κ3) is 4.69. The lowest BCUT2D eigenvalue weighted by Crippen LogP contribution is -2.39. The van der Waals surface area contributed by atoms with Crippen molar-refractivity contribution < 1.29 is 9.59 Å². The molecule has 0 saturated heterocycles. The summed E-state index contributed by atoms with van der Waals surface area (Å²) < 4.78 is 0. The first-order valence-corrected chi connectivity index (χ1v) is 6.32. The minimum absolute atomic E-state index is 0.0206. The minimum atomic E-state index is -0.353. The molecular formula is C14H18N4O2. The molecule has 1 aromatic rings. The van der Waals surface area contributed by atoms with Crippen molar-refractivity contribution in [1.29, 1.82) is 5.26 Å². The van der Waals surface area contributed by atoms with Crippen LogP contribution in [0.2, 0.25) is 0 Å². The number of nitrogens with one attached hydrogen (secondary N) is 1. The summed E-state index contributed by atoms with van der Waals surface area (Å²) in [4.78, 5) is 28.8. The van der Waals surface area contributed by atoms with Crippen molar-refractivity contribution in [3.8, 4) is 6.07 Å². The smallest absolute Gasteiger partial charge is 0.272 e. The Bertz CT molecular complexity index is 517. The van der Waals surface area contributed by atoms with Gasteiger partial charge in [-0.3, -0.25) is 9.59 Å². The standard InChI is InChI=1S/C14H18N4O2/c1-10(2)7-17-13(19)9-18(3)14(20)12-5-4-11(6-15)8-16-12/h4-5,8,10H,7,9H2,1-3H3,(H,17,19). The molecule has 0 unspecified atom stereocenters. The van der Waals surface area contributed by atoms with Crippen LogP contribution < -0.4 is 5.32 Å². The number of hydrogen-bond acceptors (Lipinski definition) is 4. The second-order valence-electron chi connectivity index (χ2n) is 4.90. The molecular weight excluding hydrogens is 256 g/mol. The summed E-state index contributed by atoms with van der Waals surface area (Å²) >= 11 is 0. The number of carbonyl (C=O) groups excluding carboxylic acids is 2. The van der Waals surface area contributed by atoms with Crippen LogP contribution in [-0.2, 0) is 4.79 Å². The third-order valence-electron chi connectivity index (χ3n) is 2.55. The van der Waals surface area contributed by atoms with Crippen molar-refractivity contribution in [1.82, 2.24) is 15.2 Å². The maximum atomic E-state index is 12.0. The van der Waals surface area contributed by atoms with Gasteiger partial charge in [-0.05, 0) is 18.1 Å². The van der Waals surface area contributed by atoms with E-state index in [1.807, 2.05) is 19.9 Å². The molecule has 6 heteroatoms. The molecule has 1 heterocycles. The van der Waals surface area contributed by atoms with Gasteiger partial charge in [0.25, 0.3) is 5.91 Å². The molecule has 6 nitrogen and oxygen atoms in total. The molecule has 0 aliphatic carbocycles. The number of nitriles is 1. The van der Waals surface area contributed by atoms with E-state index in [9.17, 15) is 9.59 Å². The lowest BCUT2D eigenvalue weighted by molar-refractivity contribution is -0.121. The number of nitrogens with zero attached hydrogens (tertiary/aromatic N) is 3. The second-order valence-corrected chi connectivity index (χ2v) is 4.90. The predicted octanol–water partition coefficient (Wildman–Crippen LogP) is 0.797. The zero-order chi connectivity index (χ0) is 15.1. The van der Waals surface area contributed by atoms with Gasteiger partial charge in [-0.2, -0.15) is 5.26 Å². The van der Waals surface area contributed by atoms with Gasteiger partial charge in [0.2, 0.25) is 5.91 Å². The Balaban J connectivity index is 2.58. The number of carbonyl (C=O) groups is 2. The topological polar surface area (TPSA) is 86.1 Å². The van der Waals surface area contributed by atoms with Crippen LogP contribution in [0.5, 0.6) is 0 Å². The van der Waals surface area contributed by atoms with Crippen LogP contribution in [0.1, 0.15) is 29.9 Å². The van der Waals surface area contributed by atoms with Gasteiger partial charge in [0.1, 0.15) is 11.8 Å². The summed E-state index contributed by atoms with van der Waals surface area (Å²) in [5, 5.41) is 11.4. The summed E-state index contributed by atoms with van der Waals surface area (Å²) in [7, 11) is 1.54. The average molecular weight is 274 g/mol. The summed E-state index contributed by atoms with van der Waals surface area (Å²) in [6.45, 7) is 4.55. The van der Waals surface area contributed by atoms with Gasteiger partial charge < -0.3 is 10.2 Å². The van der Waals surface area contributed by atoms with Crippen LogP contribution in [0, 0.1) is 17.2 Å². The summed E-state index contributed by atoms with van der Waals surface area (Å²) in [5.41, 5.74) is 0.599. The Morgan fingerprint density at radius 3 is 2.65 bits per heavy atom. The number of hydrogen-bond donors (Lipinski definition) is 1. The molecule has 0 spiro atoms.